The van der Waals surface area contributed by atoms with Crippen molar-refractivity contribution >= 4 is 27.4 Å². The zero-order chi connectivity index (χ0) is 28.1. The predicted octanol–water partition coefficient (Wildman–Crippen LogP) is 10.4. The second-order valence-electron chi connectivity index (χ2n) is 9.47. The largest absolute Gasteiger partial charge is 0.309 e. The van der Waals surface area contributed by atoms with Gasteiger partial charge in [0, 0.05) is 27.6 Å². The van der Waals surface area contributed by atoms with Crippen LogP contribution in [-0.4, -0.2) is 9.55 Å². The molecular formula is C38H32N2. The van der Waals surface area contributed by atoms with E-state index in [1.165, 1.54) is 27.4 Å². The molecule has 0 fully saturated rings. The first-order chi connectivity index (χ1) is 19.7. The minimum Gasteiger partial charge on any atom is -0.309 e. The van der Waals surface area contributed by atoms with E-state index < -0.39 is 0 Å². The van der Waals surface area contributed by atoms with Gasteiger partial charge in [-0.1, -0.05) is 110 Å². The zero-order valence-electron chi connectivity index (χ0n) is 22.8. The van der Waals surface area contributed by atoms with Gasteiger partial charge in [-0.25, -0.2) is 4.98 Å². The fourth-order valence-corrected chi connectivity index (χ4v) is 5.13. The van der Waals surface area contributed by atoms with Gasteiger partial charge >= 0.3 is 0 Å². The number of pyridine rings is 1. The molecule has 0 aliphatic heterocycles. The summed E-state index contributed by atoms with van der Waals surface area (Å²) in [5.41, 5.74) is 10.8. The normalized spacial score (nSPS) is 11.2. The Morgan fingerprint density at radius 2 is 1.27 bits per heavy atom. The molecule has 0 saturated carbocycles. The van der Waals surface area contributed by atoms with Crippen molar-refractivity contribution in [3.63, 3.8) is 0 Å². The highest BCUT2D eigenvalue weighted by Gasteiger charge is 2.14. The van der Waals surface area contributed by atoms with Crippen LogP contribution in [0.15, 0.2) is 154 Å². The molecule has 0 spiro atoms. The lowest BCUT2D eigenvalue weighted by Crippen LogP contribution is -1.96. The highest BCUT2D eigenvalue weighted by molar-refractivity contribution is 6.09. The number of aromatic nitrogens is 2. The van der Waals surface area contributed by atoms with E-state index in [9.17, 15) is 0 Å². The van der Waals surface area contributed by atoms with Crippen LogP contribution in [0.2, 0.25) is 0 Å². The molecule has 0 radical (unpaired) electrons. The van der Waals surface area contributed by atoms with Crippen molar-refractivity contribution in [2.24, 2.45) is 0 Å². The van der Waals surface area contributed by atoms with Crippen LogP contribution >= 0.6 is 0 Å². The average molecular weight is 517 g/mol. The van der Waals surface area contributed by atoms with E-state index in [0.717, 1.165) is 39.3 Å². The lowest BCUT2D eigenvalue weighted by molar-refractivity contribution is 1.18. The molecule has 0 bridgehead atoms. The summed E-state index contributed by atoms with van der Waals surface area (Å²) >= 11 is 0. The Labute approximate surface area is 236 Å². The number of hydrogen-bond donors (Lipinski definition) is 0. The highest BCUT2D eigenvalue weighted by Crippen LogP contribution is 2.34. The number of para-hydroxylation sites is 2. The summed E-state index contributed by atoms with van der Waals surface area (Å²) in [6.07, 6.45) is 5.65. The summed E-state index contributed by atoms with van der Waals surface area (Å²) < 4.78 is 2.34. The molecule has 194 valence electrons. The molecule has 0 atom stereocenters. The summed E-state index contributed by atoms with van der Waals surface area (Å²) in [4.78, 5) is 5.13. The van der Waals surface area contributed by atoms with Gasteiger partial charge in [0.05, 0.1) is 22.4 Å². The number of benzene rings is 4. The summed E-state index contributed by atoms with van der Waals surface area (Å²) in [5, 5.41) is 2.50. The van der Waals surface area contributed by atoms with Gasteiger partial charge in [0.2, 0.25) is 0 Å². The van der Waals surface area contributed by atoms with E-state index in [0.29, 0.717) is 0 Å². The SMILES string of the molecule is C=C.C=C/C=C(\C=C)c1cc(-c2ccc(C)cc2)nc(-c2cccc(-n3c4ccccc4c4ccccc43)c2)c1. The third-order valence-electron chi connectivity index (χ3n) is 7.00. The van der Waals surface area contributed by atoms with Gasteiger partial charge in [0.1, 0.15) is 0 Å². The summed E-state index contributed by atoms with van der Waals surface area (Å²) in [6, 6.07) is 38.6. The second-order valence-corrected chi connectivity index (χ2v) is 9.47. The van der Waals surface area contributed by atoms with Gasteiger partial charge in [-0.2, -0.15) is 0 Å². The molecule has 2 heterocycles. The van der Waals surface area contributed by atoms with Crippen molar-refractivity contribution in [1.29, 1.82) is 0 Å². The van der Waals surface area contributed by atoms with Crippen LogP contribution in [-0.2, 0) is 0 Å². The summed E-state index contributed by atoms with van der Waals surface area (Å²) in [6.45, 7) is 16.0. The molecule has 0 amide bonds. The van der Waals surface area contributed by atoms with E-state index in [-0.39, 0.29) is 0 Å². The van der Waals surface area contributed by atoms with Gasteiger partial charge < -0.3 is 4.57 Å². The molecule has 0 aliphatic carbocycles. The van der Waals surface area contributed by atoms with Gasteiger partial charge in [-0.05, 0) is 54.5 Å². The van der Waals surface area contributed by atoms with Gasteiger partial charge in [-0.15, -0.1) is 13.2 Å². The minimum absolute atomic E-state index is 0.914. The Balaban J connectivity index is 0.00000158. The Morgan fingerprint density at radius 3 is 1.88 bits per heavy atom. The topological polar surface area (TPSA) is 17.8 Å². The monoisotopic (exact) mass is 516 g/mol. The maximum atomic E-state index is 5.13. The lowest BCUT2D eigenvalue weighted by atomic mass is 9.99. The summed E-state index contributed by atoms with van der Waals surface area (Å²) in [7, 11) is 0. The maximum Gasteiger partial charge on any atom is 0.0716 e. The second kappa shape index (κ2) is 11.7. The number of hydrogen-bond acceptors (Lipinski definition) is 1. The number of nitrogens with zero attached hydrogens (tertiary/aromatic N) is 2. The molecule has 2 heteroatoms. The first kappa shape index (κ1) is 26.4. The third-order valence-corrected chi connectivity index (χ3v) is 7.00. The molecule has 0 saturated heterocycles. The zero-order valence-corrected chi connectivity index (χ0v) is 22.8. The van der Waals surface area contributed by atoms with Crippen LogP contribution in [0.1, 0.15) is 11.1 Å². The van der Waals surface area contributed by atoms with Crippen molar-refractivity contribution in [2.75, 3.05) is 0 Å². The standard InChI is InChI=1S/C36H28N2.C2H4/c1-4-11-26(5-2)29-23-33(27-20-18-25(3)19-21-27)37-34(24-29)28-12-10-13-30(22-28)38-35-16-8-6-14-31(35)32-15-7-9-17-36(32)38;1-2/h4-24H,1-2H2,3H3;1-2H2/b26-11+;. The number of fused-ring (bicyclic) bond motifs is 3. The Hall–Kier alpha value is -5.21. The molecule has 0 unspecified atom stereocenters. The molecule has 0 aliphatic rings. The minimum atomic E-state index is 0.914. The number of allylic oxidation sites excluding steroid dienone is 4. The van der Waals surface area contributed by atoms with Crippen molar-refractivity contribution in [2.45, 2.75) is 6.92 Å². The molecule has 40 heavy (non-hydrogen) atoms. The molecule has 6 aromatic rings. The molecular weight excluding hydrogens is 484 g/mol. The molecule has 0 N–H and O–H groups in total. The van der Waals surface area contributed by atoms with Crippen LogP contribution in [0.5, 0.6) is 0 Å². The predicted molar refractivity (Wildman–Crippen MR) is 174 cm³/mol. The van der Waals surface area contributed by atoms with E-state index >= 15 is 0 Å². The van der Waals surface area contributed by atoms with E-state index in [2.05, 4.69) is 147 Å². The molecule has 2 nitrogen and oxygen atoms in total. The fraction of sp³-hybridized carbons (Fsp3) is 0.0263. The number of rotatable bonds is 6. The molecule has 2 aromatic heterocycles. The average Bonchev–Trinajstić information content (AvgIpc) is 3.35. The molecule has 4 aromatic carbocycles. The van der Waals surface area contributed by atoms with Gasteiger partial charge in [-0.3, -0.25) is 0 Å². The first-order valence-electron chi connectivity index (χ1n) is 13.3. The van der Waals surface area contributed by atoms with E-state index in [1.807, 2.05) is 12.2 Å². The first-order valence-corrected chi connectivity index (χ1v) is 13.3. The van der Waals surface area contributed by atoms with Crippen LogP contribution in [0.3, 0.4) is 0 Å². The Morgan fingerprint density at radius 1 is 0.675 bits per heavy atom. The van der Waals surface area contributed by atoms with E-state index in [4.69, 9.17) is 4.98 Å². The van der Waals surface area contributed by atoms with Gasteiger partial charge in [0.25, 0.3) is 0 Å². The third kappa shape index (κ3) is 4.95. The van der Waals surface area contributed by atoms with Crippen LogP contribution in [0.25, 0.3) is 55.6 Å². The van der Waals surface area contributed by atoms with Crippen LogP contribution in [0, 0.1) is 6.92 Å². The molecule has 6 rings (SSSR count). The maximum absolute atomic E-state index is 5.13. The van der Waals surface area contributed by atoms with Crippen molar-refractivity contribution in [1.82, 2.24) is 9.55 Å². The smallest absolute Gasteiger partial charge is 0.0716 e. The van der Waals surface area contributed by atoms with Crippen molar-refractivity contribution in [3.8, 4) is 28.2 Å². The quantitative estimate of drug-likeness (QED) is 0.159. The summed E-state index contributed by atoms with van der Waals surface area (Å²) in [5.74, 6) is 0. The van der Waals surface area contributed by atoms with Crippen LogP contribution in [0.4, 0.5) is 0 Å². The number of aryl methyl sites for hydroxylation is 1. The Bertz CT molecular complexity index is 1810. The van der Waals surface area contributed by atoms with Crippen LogP contribution < -0.4 is 0 Å². The highest BCUT2D eigenvalue weighted by atomic mass is 15.0. The van der Waals surface area contributed by atoms with Gasteiger partial charge in [0.15, 0.2) is 0 Å². The Kier molecular flexibility index (Phi) is 7.70. The fourth-order valence-electron chi connectivity index (χ4n) is 5.13. The van der Waals surface area contributed by atoms with Crippen molar-refractivity contribution in [3.05, 3.63) is 165 Å². The lowest BCUT2D eigenvalue weighted by Gasteiger charge is -2.13. The van der Waals surface area contributed by atoms with E-state index in [1.54, 1.807) is 6.08 Å². The van der Waals surface area contributed by atoms with Crippen molar-refractivity contribution < 1.29 is 0 Å².